The maximum absolute atomic E-state index is 13.2. The second-order valence-corrected chi connectivity index (χ2v) is 8.24. The van der Waals surface area contributed by atoms with Crippen molar-refractivity contribution in [3.8, 4) is 0 Å². The molecular weight excluding hydrogens is 358 g/mol. The van der Waals surface area contributed by atoms with Crippen LogP contribution >= 0.6 is 0 Å². The molecule has 2 aromatic carbocycles. The first-order valence-electron chi connectivity index (χ1n) is 10.9. The first-order valence-corrected chi connectivity index (χ1v) is 10.9. The van der Waals surface area contributed by atoms with Gasteiger partial charge in [-0.05, 0) is 30.5 Å². The quantitative estimate of drug-likeness (QED) is 0.466. The van der Waals surface area contributed by atoms with Crippen molar-refractivity contribution in [1.29, 1.82) is 0 Å². The lowest BCUT2D eigenvalue weighted by Gasteiger charge is -2.25. The van der Waals surface area contributed by atoms with E-state index in [-0.39, 0.29) is 24.0 Å². The van der Waals surface area contributed by atoms with Crippen LogP contribution in [0.2, 0.25) is 0 Å². The number of nitrogens with one attached hydrogen (secondary N) is 3. The number of amides is 1. The summed E-state index contributed by atoms with van der Waals surface area (Å²) in [6.07, 6.45) is 2.92. The van der Waals surface area contributed by atoms with Crippen LogP contribution in [0.5, 0.6) is 0 Å². The van der Waals surface area contributed by atoms with Crippen LogP contribution in [0, 0.1) is 0 Å². The van der Waals surface area contributed by atoms with E-state index in [1.54, 1.807) is 0 Å². The molecule has 0 fully saturated rings. The molecule has 0 bridgehead atoms. The molecule has 4 heteroatoms. The van der Waals surface area contributed by atoms with Gasteiger partial charge in [0.2, 0.25) is 5.91 Å². The van der Waals surface area contributed by atoms with Crippen molar-refractivity contribution in [1.82, 2.24) is 16.0 Å². The Balaban J connectivity index is 2.07. The minimum Gasteiger partial charge on any atom is -0.344 e. The maximum atomic E-state index is 13.2. The van der Waals surface area contributed by atoms with Crippen molar-refractivity contribution >= 4 is 5.91 Å². The van der Waals surface area contributed by atoms with Crippen molar-refractivity contribution in [2.75, 3.05) is 6.54 Å². The standard InChI is InChI=1S/C25H37N3O/c1-19(2)26-18-12-11-17-23(27-20(3)4)25(29)28-24(21-13-7-5-8-14-21)22-15-9-6-10-16-22/h5-10,13-16,19-20,23-24,26-27H,11-12,17-18H2,1-4H3,(H,28,29)/t23-/m0/s1. The van der Waals surface area contributed by atoms with Crippen LogP contribution in [-0.4, -0.2) is 30.6 Å². The Kier molecular flexibility index (Phi) is 9.89. The zero-order chi connectivity index (χ0) is 21.1. The average molecular weight is 396 g/mol. The molecular formula is C25H37N3O. The van der Waals surface area contributed by atoms with E-state index in [2.05, 4.69) is 67.9 Å². The van der Waals surface area contributed by atoms with Gasteiger partial charge in [0.15, 0.2) is 0 Å². The van der Waals surface area contributed by atoms with Crippen molar-refractivity contribution in [3.05, 3.63) is 71.8 Å². The topological polar surface area (TPSA) is 53.2 Å². The van der Waals surface area contributed by atoms with Crippen molar-refractivity contribution in [2.24, 2.45) is 0 Å². The second kappa shape index (κ2) is 12.4. The van der Waals surface area contributed by atoms with Crippen LogP contribution in [0.25, 0.3) is 0 Å². The van der Waals surface area contributed by atoms with E-state index in [1.807, 2.05) is 36.4 Å². The minimum absolute atomic E-state index is 0.0632. The zero-order valence-corrected chi connectivity index (χ0v) is 18.3. The molecule has 3 N–H and O–H groups in total. The Bertz CT molecular complexity index is 661. The Morgan fingerprint density at radius 2 is 1.34 bits per heavy atom. The largest absolute Gasteiger partial charge is 0.344 e. The summed E-state index contributed by atoms with van der Waals surface area (Å²) >= 11 is 0. The Labute approximate surface area is 176 Å². The summed E-state index contributed by atoms with van der Waals surface area (Å²) in [5, 5.41) is 10.2. The summed E-state index contributed by atoms with van der Waals surface area (Å²) in [7, 11) is 0. The molecule has 1 atom stereocenters. The molecule has 2 aromatic rings. The van der Waals surface area contributed by atoms with Gasteiger partial charge >= 0.3 is 0 Å². The average Bonchev–Trinajstić information content (AvgIpc) is 2.71. The first kappa shape index (κ1) is 23.1. The van der Waals surface area contributed by atoms with E-state index in [1.165, 1.54) is 0 Å². The van der Waals surface area contributed by atoms with Gasteiger partial charge in [0, 0.05) is 12.1 Å². The third kappa shape index (κ3) is 8.38. The lowest BCUT2D eigenvalue weighted by Crippen LogP contribution is -2.48. The highest BCUT2D eigenvalue weighted by atomic mass is 16.2. The lowest BCUT2D eigenvalue weighted by atomic mass is 9.97. The molecule has 0 aliphatic heterocycles. The van der Waals surface area contributed by atoms with E-state index >= 15 is 0 Å². The number of hydrogen-bond acceptors (Lipinski definition) is 3. The predicted molar refractivity (Wildman–Crippen MR) is 122 cm³/mol. The summed E-state index contributed by atoms with van der Waals surface area (Å²) in [4.78, 5) is 13.2. The number of unbranched alkanes of at least 4 members (excludes halogenated alkanes) is 1. The number of carbonyl (C=O) groups excluding carboxylic acids is 1. The van der Waals surface area contributed by atoms with Gasteiger partial charge in [-0.25, -0.2) is 0 Å². The SMILES string of the molecule is CC(C)NCCCC[C@H](NC(C)C)C(=O)NC(c1ccccc1)c1ccccc1. The smallest absolute Gasteiger partial charge is 0.237 e. The summed E-state index contributed by atoms with van der Waals surface area (Å²) in [5.74, 6) is 0.0632. The molecule has 4 nitrogen and oxygen atoms in total. The molecule has 0 aliphatic rings. The molecule has 0 heterocycles. The molecule has 0 aliphatic carbocycles. The van der Waals surface area contributed by atoms with Crippen molar-refractivity contribution in [2.45, 2.75) is 71.1 Å². The molecule has 0 saturated heterocycles. The molecule has 29 heavy (non-hydrogen) atoms. The number of rotatable bonds is 12. The van der Waals surface area contributed by atoms with Gasteiger partial charge < -0.3 is 16.0 Å². The molecule has 0 aromatic heterocycles. The predicted octanol–water partition coefficient (Wildman–Crippen LogP) is 4.43. The molecule has 2 rings (SSSR count). The van der Waals surface area contributed by atoms with Gasteiger partial charge in [-0.3, -0.25) is 4.79 Å². The molecule has 1 amide bonds. The van der Waals surface area contributed by atoms with E-state index in [0.29, 0.717) is 6.04 Å². The van der Waals surface area contributed by atoms with Gasteiger partial charge in [0.1, 0.15) is 0 Å². The zero-order valence-electron chi connectivity index (χ0n) is 18.3. The van der Waals surface area contributed by atoms with Gasteiger partial charge in [0.05, 0.1) is 12.1 Å². The molecule has 0 spiro atoms. The van der Waals surface area contributed by atoms with Crippen molar-refractivity contribution < 1.29 is 4.79 Å². The number of benzene rings is 2. The highest BCUT2D eigenvalue weighted by molar-refractivity contribution is 5.82. The summed E-state index contributed by atoms with van der Waals surface area (Å²) in [6, 6.07) is 20.8. The van der Waals surface area contributed by atoms with Crippen LogP contribution in [0.1, 0.15) is 64.1 Å². The third-order valence-corrected chi connectivity index (χ3v) is 4.88. The van der Waals surface area contributed by atoms with Crippen LogP contribution in [0.3, 0.4) is 0 Å². The van der Waals surface area contributed by atoms with E-state index < -0.39 is 0 Å². The maximum Gasteiger partial charge on any atom is 0.237 e. The second-order valence-electron chi connectivity index (χ2n) is 8.24. The van der Waals surface area contributed by atoms with Gasteiger partial charge in [-0.1, -0.05) is 94.8 Å². The molecule has 158 valence electrons. The van der Waals surface area contributed by atoms with Crippen LogP contribution in [-0.2, 0) is 4.79 Å². The minimum atomic E-state index is -0.191. The van der Waals surface area contributed by atoms with Gasteiger partial charge in [0.25, 0.3) is 0 Å². The fourth-order valence-corrected chi connectivity index (χ4v) is 3.45. The third-order valence-electron chi connectivity index (χ3n) is 4.88. The first-order chi connectivity index (χ1) is 14.0. The summed E-state index contributed by atoms with van der Waals surface area (Å²) < 4.78 is 0. The van der Waals surface area contributed by atoms with Gasteiger partial charge in [-0.15, -0.1) is 0 Å². The summed E-state index contributed by atoms with van der Waals surface area (Å²) in [5.41, 5.74) is 2.19. The highest BCUT2D eigenvalue weighted by Crippen LogP contribution is 2.22. The Hall–Kier alpha value is -2.17. The Morgan fingerprint density at radius 3 is 1.83 bits per heavy atom. The number of carbonyl (C=O) groups is 1. The van der Waals surface area contributed by atoms with Crippen LogP contribution in [0.4, 0.5) is 0 Å². The van der Waals surface area contributed by atoms with Gasteiger partial charge in [-0.2, -0.15) is 0 Å². The lowest BCUT2D eigenvalue weighted by molar-refractivity contribution is -0.124. The van der Waals surface area contributed by atoms with E-state index in [0.717, 1.165) is 36.9 Å². The van der Waals surface area contributed by atoms with E-state index in [4.69, 9.17) is 0 Å². The molecule has 0 unspecified atom stereocenters. The Morgan fingerprint density at radius 1 is 0.793 bits per heavy atom. The van der Waals surface area contributed by atoms with Crippen LogP contribution < -0.4 is 16.0 Å². The fraction of sp³-hybridized carbons (Fsp3) is 0.480. The highest BCUT2D eigenvalue weighted by Gasteiger charge is 2.23. The monoisotopic (exact) mass is 395 g/mol. The van der Waals surface area contributed by atoms with E-state index in [9.17, 15) is 4.79 Å². The normalized spacial score (nSPS) is 12.5. The summed E-state index contributed by atoms with van der Waals surface area (Å²) in [6.45, 7) is 9.48. The molecule has 0 saturated carbocycles. The number of hydrogen-bond donors (Lipinski definition) is 3. The fourth-order valence-electron chi connectivity index (χ4n) is 3.45. The van der Waals surface area contributed by atoms with Crippen molar-refractivity contribution in [3.63, 3.8) is 0 Å². The molecule has 0 radical (unpaired) electrons. The van der Waals surface area contributed by atoms with Crippen LogP contribution in [0.15, 0.2) is 60.7 Å².